The third-order valence-electron chi connectivity index (χ3n) is 5.35. The number of aromatic nitrogens is 1. The maximum atomic E-state index is 13.8. The van der Waals surface area contributed by atoms with E-state index in [0.29, 0.717) is 35.0 Å². The Labute approximate surface area is 169 Å². The van der Waals surface area contributed by atoms with Gasteiger partial charge in [-0.3, -0.25) is 0 Å². The molecule has 30 heavy (non-hydrogen) atoms. The van der Waals surface area contributed by atoms with Crippen molar-refractivity contribution in [3.05, 3.63) is 59.9 Å². The Morgan fingerprint density at radius 2 is 1.80 bits per heavy atom. The van der Waals surface area contributed by atoms with Crippen molar-refractivity contribution >= 4 is 22.6 Å². The van der Waals surface area contributed by atoms with E-state index in [2.05, 4.69) is 4.98 Å². The molecule has 3 aromatic rings. The minimum Gasteiger partial charge on any atom is -0.478 e. The van der Waals surface area contributed by atoms with E-state index >= 15 is 0 Å². The number of aromatic carboxylic acids is 1. The fourth-order valence-electron chi connectivity index (χ4n) is 3.90. The molecule has 1 aliphatic rings. The molecule has 0 amide bonds. The molecule has 2 heterocycles. The highest BCUT2D eigenvalue weighted by Gasteiger charge is 2.45. The molecule has 4 nitrogen and oxygen atoms in total. The molecule has 156 valence electrons. The first kappa shape index (κ1) is 20.1. The molecule has 1 fully saturated rings. The van der Waals surface area contributed by atoms with E-state index in [1.54, 1.807) is 6.07 Å². The van der Waals surface area contributed by atoms with E-state index in [4.69, 9.17) is 0 Å². The van der Waals surface area contributed by atoms with Gasteiger partial charge in [0, 0.05) is 17.5 Å². The second kappa shape index (κ2) is 7.59. The zero-order chi connectivity index (χ0) is 21.5. The Morgan fingerprint density at radius 1 is 1.07 bits per heavy atom. The average Bonchev–Trinajstić information content (AvgIpc) is 2.72. The van der Waals surface area contributed by atoms with Crippen LogP contribution in [0.5, 0.6) is 0 Å². The van der Waals surface area contributed by atoms with E-state index in [1.165, 1.54) is 47.4 Å². The molecule has 0 aliphatic carbocycles. The summed E-state index contributed by atoms with van der Waals surface area (Å²) in [5.74, 6) is -1.59. The molecule has 1 aliphatic heterocycles. The van der Waals surface area contributed by atoms with E-state index in [9.17, 15) is 27.5 Å². The highest BCUT2D eigenvalue weighted by atomic mass is 19.4. The van der Waals surface area contributed by atoms with Gasteiger partial charge in [-0.2, -0.15) is 13.2 Å². The van der Waals surface area contributed by atoms with Crippen LogP contribution in [0.2, 0.25) is 0 Å². The van der Waals surface area contributed by atoms with Gasteiger partial charge in [-0.05, 0) is 67.8 Å². The lowest BCUT2D eigenvalue weighted by Crippen LogP contribution is -2.49. The number of halogens is 4. The van der Waals surface area contributed by atoms with Crippen molar-refractivity contribution in [1.29, 1.82) is 0 Å². The Bertz CT molecular complexity index is 1100. The highest BCUT2D eigenvalue weighted by Crippen LogP contribution is 2.40. The largest absolute Gasteiger partial charge is 0.478 e. The number of carboxylic acids is 1. The molecular weight excluding hydrogens is 400 g/mol. The van der Waals surface area contributed by atoms with Crippen molar-refractivity contribution in [2.24, 2.45) is 0 Å². The van der Waals surface area contributed by atoms with Crippen LogP contribution >= 0.6 is 0 Å². The SMILES string of the molecule is O=C(O)c1ccc2nc(-c3ccc(F)cc3)c(N3CCCC[C@@H]3C(F)(F)F)cc2c1. The normalized spacial score (nSPS) is 17.3. The summed E-state index contributed by atoms with van der Waals surface area (Å²) in [6, 6.07) is 9.63. The van der Waals surface area contributed by atoms with Crippen LogP contribution in [0.1, 0.15) is 29.6 Å². The van der Waals surface area contributed by atoms with Crippen LogP contribution in [0, 0.1) is 5.82 Å². The summed E-state index contributed by atoms with van der Waals surface area (Å²) in [4.78, 5) is 17.2. The van der Waals surface area contributed by atoms with Crippen LogP contribution in [0.25, 0.3) is 22.2 Å². The Balaban J connectivity index is 1.94. The Hall–Kier alpha value is -3.16. The van der Waals surface area contributed by atoms with Gasteiger partial charge < -0.3 is 10.0 Å². The molecule has 2 aromatic carbocycles. The van der Waals surface area contributed by atoms with E-state index in [1.807, 2.05) is 0 Å². The van der Waals surface area contributed by atoms with E-state index < -0.39 is 24.0 Å². The monoisotopic (exact) mass is 418 g/mol. The minimum atomic E-state index is -4.42. The van der Waals surface area contributed by atoms with Crippen molar-refractivity contribution in [3.8, 4) is 11.3 Å². The molecule has 0 radical (unpaired) electrons. The van der Waals surface area contributed by atoms with Crippen molar-refractivity contribution in [2.75, 3.05) is 11.4 Å². The second-order valence-corrected chi connectivity index (χ2v) is 7.32. The highest BCUT2D eigenvalue weighted by molar-refractivity contribution is 5.96. The predicted molar refractivity (Wildman–Crippen MR) is 105 cm³/mol. The molecule has 0 bridgehead atoms. The number of carbonyl (C=O) groups is 1. The number of pyridine rings is 1. The summed E-state index contributed by atoms with van der Waals surface area (Å²) in [5.41, 5.74) is 1.53. The first-order chi connectivity index (χ1) is 14.2. The Morgan fingerprint density at radius 3 is 2.47 bits per heavy atom. The summed E-state index contributed by atoms with van der Waals surface area (Å²) < 4.78 is 54.7. The molecule has 1 saturated heterocycles. The minimum absolute atomic E-state index is 0.0239. The summed E-state index contributed by atoms with van der Waals surface area (Å²) in [6.45, 7) is 0.199. The van der Waals surface area contributed by atoms with Gasteiger partial charge in [0.25, 0.3) is 0 Å². The van der Waals surface area contributed by atoms with Crippen LogP contribution in [-0.4, -0.2) is 34.8 Å². The lowest BCUT2D eigenvalue weighted by molar-refractivity contribution is -0.152. The van der Waals surface area contributed by atoms with E-state index in [-0.39, 0.29) is 24.2 Å². The topological polar surface area (TPSA) is 53.4 Å². The standard InChI is InChI=1S/C22H18F4N2O2/c23-16-7-4-13(5-8-16)20-18(28-10-2-1-3-19(28)22(24,25)26)12-15-11-14(21(29)30)6-9-17(15)27-20/h4-9,11-12,19H,1-3,10H2,(H,29,30)/t19-/m1/s1. The van der Waals surface area contributed by atoms with Gasteiger partial charge in [0.05, 0.1) is 22.5 Å². The number of nitrogens with zero attached hydrogens (tertiary/aromatic N) is 2. The molecule has 0 spiro atoms. The predicted octanol–water partition coefficient (Wildman–Crippen LogP) is 5.66. The van der Waals surface area contributed by atoms with Gasteiger partial charge in [0.1, 0.15) is 11.9 Å². The van der Waals surface area contributed by atoms with Crippen molar-refractivity contribution < 1.29 is 27.5 Å². The Kier molecular flexibility index (Phi) is 5.09. The van der Waals surface area contributed by atoms with Crippen LogP contribution < -0.4 is 4.90 Å². The molecule has 8 heteroatoms. The number of hydrogen-bond acceptors (Lipinski definition) is 3. The fraction of sp³-hybridized carbons (Fsp3) is 0.273. The molecular formula is C22H18F4N2O2. The van der Waals surface area contributed by atoms with Crippen molar-refractivity contribution in [2.45, 2.75) is 31.5 Å². The van der Waals surface area contributed by atoms with Crippen LogP contribution in [0.4, 0.5) is 23.2 Å². The summed E-state index contributed by atoms with van der Waals surface area (Å²) >= 11 is 0. The summed E-state index contributed by atoms with van der Waals surface area (Å²) in [5, 5.41) is 9.69. The maximum Gasteiger partial charge on any atom is 0.408 e. The smallest absolute Gasteiger partial charge is 0.408 e. The summed E-state index contributed by atoms with van der Waals surface area (Å²) in [6.07, 6.45) is -3.38. The lowest BCUT2D eigenvalue weighted by atomic mass is 9.98. The van der Waals surface area contributed by atoms with Crippen molar-refractivity contribution in [3.63, 3.8) is 0 Å². The zero-order valence-electron chi connectivity index (χ0n) is 15.8. The van der Waals surface area contributed by atoms with Gasteiger partial charge in [0.15, 0.2) is 0 Å². The number of anilines is 1. The third-order valence-corrected chi connectivity index (χ3v) is 5.35. The molecule has 0 saturated carbocycles. The van der Waals surface area contributed by atoms with Gasteiger partial charge in [-0.25, -0.2) is 14.2 Å². The van der Waals surface area contributed by atoms with Gasteiger partial charge in [-0.15, -0.1) is 0 Å². The number of benzene rings is 2. The molecule has 1 N–H and O–H groups in total. The number of piperidine rings is 1. The lowest BCUT2D eigenvalue weighted by Gasteiger charge is -2.39. The number of rotatable bonds is 3. The first-order valence-electron chi connectivity index (χ1n) is 9.51. The van der Waals surface area contributed by atoms with Crippen LogP contribution in [0.3, 0.4) is 0 Å². The fourth-order valence-corrected chi connectivity index (χ4v) is 3.90. The summed E-state index contributed by atoms with van der Waals surface area (Å²) in [7, 11) is 0. The number of alkyl halides is 3. The molecule has 0 unspecified atom stereocenters. The quantitative estimate of drug-likeness (QED) is 0.558. The van der Waals surface area contributed by atoms with Crippen LogP contribution in [0.15, 0.2) is 48.5 Å². The zero-order valence-corrected chi connectivity index (χ0v) is 15.8. The number of hydrogen-bond donors (Lipinski definition) is 1. The second-order valence-electron chi connectivity index (χ2n) is 7.32. The third kappa shape index (κ3) is 3.81. The van der Waals surface area contributed by atoms with Crippen molar-refractivity contribution in [1.82, 2.24) is 4.98 Å². The molecule has 1 aromatic heterocycles. The average molecular weight is 418 g/mol. The molecule has 1 atom stereocenters. The van der Waals surface area contributed by atoms with Gasteiger partial charge in [-0.1, -0.05) is 0 Å². The van der Waals surface area contributed by atoms with E-state index in [0.717, 1.165) is 0 Å². The van der Waals surface area contributed by atoms with Gasteiger partial charge in [0.2, 0.25) is 0 Å². The molecule has 4 rings (SSSR count). The number of fused-ring (bicyclic) bond motifs is 1. The first-order valence-corrected chi connectivity index (χ1v) is 9.51. The maximum absolute atomic E-state index is 13.8. The van der Waals surface area contributed by atoms with Gasteiger partial charge >= 0.3 is 12.1 Å². The number of carboxylic acid groups (broad SMARTS) is 1. The van der Waals surface area contributed by atoms with Crippen LogP contribution in [-0.2, 0) is 0 Å².